The van der Waals surface area contributed by atoms with E-state index in [1.807, 2.05) is 64.4 Å². The molecular weight excluding hydrogens is 508 g/mol. The first-order valence-electron chi connectivity index (χ1n) is 13.0. The zero-order valence-corrected chi connectivity index (χ0v) is 22.0. The minimum absolute atomic E-state index is 0.00799. The van der Waals surface area contributed by atoms with Crippen molar-refractivity contribution < 1.29 is 33.7 Å². The Labute approximate surface area is 227 Å². The fourth-order valence-corrected chi connectivity index (χ4v) is 4.54. The summed E-state index contributed by atoms with van der Waals surface area (Å²) in [6, 6.07) is 17.1. The molecule has 1 saturated carbocycles. The highest BCUT2D eigenvalue weighted by atomic mass is 17.0. The van der Waals surface area contributed by atoms with Crippen molar-refractivity contribution in [2.45, 2.75) is 31.5 Å². The molecule has 1 atom stereocenters. The molecular formula is C27H34N4O8. The number of nitrogens with zero attached hydrogens (tertiary/aromatic N) is 4. The van der Waals surface area contributed by atoms with Crippen molar-refractivity contribution in [3.63, 3.8) is 0 Å². The van der Waals surface area contributed by atoms with Gasteiger partial charge in [0.15, 0.2) is 0 Å². The first kappa shape index (κ1) is 28.0. The van der Waals surface area contributed by atoms with Crippen LogP contribution in [0.1, 0.15) is 18.4 Å². The maximum Gasteiger partial charge on any atom is 0.409 e. The molecule has 1 saturated heterocycles. The molecule has 39 heavy (non-hydrogen) atoms. The quantitative estimate of drug-likeness (QED) is 0.213. The summed E-state index contributed by atoms with van der Waals surface area (Å²) in [6.45, 7) is 1.40. The Balaban J connectivity index is 1.42. The lowest BCUT2D eigenvalue weighted by molar-refractivity contribution is -0.758. The molecule has 0 spiro atoms. The number of hydrogen-bond acceptors (Lipinski definition) is 9. The van der Waals surface area contributed by atoms with E-state index in [9.17, 15) is 19.7 Å². The van der Waals surface area contributed by atoms with Crippen molar-refractivity contribution in [1.82, 2.24) is 9.80 Å². The Bertz CT molecular complexity index is 1100. The number of piperazine rings is 1. The lowest BCUT2D eigenvalue weighted by Crippen LogP contribution is -2.61. The minimum Gasteiger partial charge on any atom is -0.497 e. The van der Waals surface area contributed by atoms with Crippen LogP contribution in [0.15, 0.2) is 54.6 Å². The van der Waals surface area contributed by atoms with Gasteiger partial charge in [-0.05, 0) is 42.7 Å². The Morgan fingerprint density at radius 1 is 1.00 bits per heavy atom. The minimum atomic E-state index is -0.892. The largest absolute Gasteiger partial charge is 0.497 e. The van der Waals surface area contributed by atoms with Crippen LogP contribution < -0.4 is 9.64 Å². The molecule has 2 aromatic rings. The number of carbonyl (C=O) groups is 2. The molecule has 1 heterocycles. The molecule has 2 aliphatic rings. The van der Waals surface area contributed by atoms with Crippen molar-refractivity contribution in [2.24, 2.45) is 0 Å². The number of carbonyl (C=O) groups excluding carboxylic acids is 2. The molecule has 12 heteroatoms. The summed E-state index contributed by atoms with van der Waals surface area (Å²) in [7, 11) is 1.61. The molecule has 2 amide bonds. The van der Waals surface area contributed by atoms with E-state index in [2.05, 4.69) is 4.84 Å². The third-order valence-electron chi connectivity index (χ3n) is 6.67. The van der Waals surface area contributed by atoms with Gasteiger partial charge in [-0.25, -0.2) is 4.79 Å². The van der Waals surface area contributed by atoms with Crippen LogP contribution in [0.4, 0.5) is 10.5 Å². The summed E-state index contributed by atoms with van der Waals surface area (Å²) in [5.74, 6) is 0.698. The van der Waals surface area contributed by atoms with Crippen LogP contribution in [0.2, 0.25) is 0 Å². The summed E-state index contributed by atoms with van der Waals surface area (Å²) < 4.78 is 15.8. The van der Waals surface area contributed by atoms with Gasteiger partial charge in [-0.1, -0.05) is 30.3 Å². The fraction of sp³-hybridized carbons (Fsp3) is 0.481. The molecule has 1 aliphatic heterocycles. The number of rotatable bonds is 13. The highest BCUT2D eigenvalue weighted by molar-refractivity contribution is 5.87. The number of ether oxygens (including phenoxy) is 3. The Hall–Kier alpha value is -4.06. The van der Waals surface area contributed by atoms with Crippen LogP contribution in [0.25, 0.3) is 0 Å². The van der Waals surface area contributed by atoms with E-state index in [0.29, 0.717) is 19.6 Å². The van der Waals surface area contributed by atoms with Crippen molar-refractivity contribution >= 4 is 17.7 Å². The maximum absolute atomic E-state index is 14.1. The van der Waals surface area contributed by atoms with Gasteiger partial charge < -0.3 is 33.7 Å². The molecule has 2 fully saturated rings. The van der Waals surface area contributed by atoms with Crippen molar-refractivity contribution in [1.29, 1.82) is 0 Å². The van der Waals surface area contributed by atoms with Gasteiger partial charge in [-0.2, -0.15) is 0 Å². The third-order valence-corrected chi connectivity index (χ3v) is 6.67. The van der Waals surface area contributed by atoms with E-state index in [1.165, 1.54) is 0 Å². The Morgan fingerprint density at radius 3 is 2.38 bits per heavy atom. The molecule has 210 valence electrons. The number of benzene rings is 2. The van der Waals surface area contributed by atoms with E-state index < -0.39 is 17.2 Å². The van der Waals surface area contributed by atoms with Gasteiger partial charge in [-0.3, -0.25) is 4.79 Å². The van der Waals surface area contributed by atoms with Gasteiger partial charge in [0.25, 0.3) is 5.09 Å². The van der Waals surface area contributed by atoms with E-state index >= 15 is 0 Å². The number of methoxy groups -OCH3 is 1. The fourth-order valence-electron chi connectivity index (χ4n) is 4.54. The van der Waals surface area contributed by atoms with Gasteiger partial charge in [0.1, 0.15) is 25.0 Å². The Morgan fingerprint density at radius 2 is 1.72 bits per heavy atom. The van der Waals surface area contributed by atoms with E-state index in [-0.39, 0.29) is 44.9 Å². The second-order valence-corrected chi connectivity index (χ2v) is 9.32. The van der Waals surface area contributed by atoms with Crippen molar-refractivity contribution in [3.8, 4) is 5.75 Å². The SMILES string of the molecule is COc1ccc(N2CCN(C(=O)OCCOCCO[N+](=O)[O-])C[C@@H]2C(=O)N(Cc2ccccc2)C2CC2)cc1. The molecule has 0 N–H and O–H groups in total. The lowest BCUT2D eigenvalue weighted by atomic mass is 10.1. The standard InChI is InChI=1S/C27H34N4O8/c1-36-24-11-9-22(10-12-24)29-14-13-28(27(33)38-17-15-37-16-18-39-31(34)35)20-25(29)26(32)30(23-7-8-23)19-21-5-3-2-4-6-21/h2-6,9-12,23,25H,7-8,13-20H2,1H3/t25-/m1/s1. The zero-order valence-electron chi connectivity index (χ0n) is 22.0. The van der Waals surface area contributed by atoms with E-state index in [1.54, 1.807) is 12.0 Å². The highest BCUT2D eigenvalue weighted by Gasteiger charge is 2.41. The number of anilines is 1. The normalized spacial score (nSPS) is 16.9. The molecule has 1 aliphatic carbocycles. The molecule has 4 rings (SSSR count). The zero-order chi connectivity index (χ0) is 27.6. The third kappa shape index (κ3) is 7.96. The molecule has 12 nitrogen and oxygen atoms in total. The maximum atomic E-state index is 14.1. The van der Waals surface area contributed by atoms with Gasteiger partial charge in [0.05, 0.1) is 26.9 Å². The topological polar surface area (TPSA) is 124 Å². The second kappa shape index (κ2) is 13.7. The second-order valence-electron chi connectivity index (χ2n) is 9.32. The number of amides is 2. The van der Waals surface area contributed by atoms with Gasteiger partial charge in [0, 0.05) is 31.4 Å². The summed E-state index contributed by atoms with van der Waals surface area (Å²) in [6.07, 6.45) is 1.40. The van der Waals surface area contributed by atoms with Crippen molar-refractivity contribution in [3.05, 3.63) is 70.3 Å². The van der Waals surface area contributed by atoms with Crippen LogP contribution in [0.3, 0.4) is 0 Å². The number of hydrogen-bond donors (Lipinski definition) is 0. The van der Waals surface area contributed by atoms with Gasteiger partial charge in [-0.15, -0.1) is 10.1 Å². The van der Waals surface area contributed by atoms with Crippen LogP contribution in [-0.2, 0) is 25.7 Å². The summed E-state index contributed by atoms with van der Waals surface area (Å²) in [5.41, 5.74) is 1.94. The predicted molar refractivity (Wildman–Crippen MR) is 141 cm³/mol. The Kier molecular flexibility index (Phi) is 9.79. The van der Waals surface area contributed by atoms with Crippen LogP contribution in [0.5, 0.6) is 5.75 Å². The van der Waals surface area contributed by atoms with E-state index in [4.69, 9.17) is 14.2 Å². The van der Waals surface area contributed by atoms with Crippen LogP contribution >= 0.6 is 0 Å². The summed E-state index contributed by atoms with van der Waals surface area (Å²) in [4.78, 5) is 46.8. The monoisotopic (exact) mass is 542 g/mol. The predicted octanol–water partition coefficient (Wildman–Crippen LogP) is 2.74. The molecule has 0 aromatic heterocycles. The summed E-state index contributed by atoms with van der Waals surface area (Å²) >= 11 is 0. The van der Waals surface area contributed by atoms with Gasteiger partial charge in [0.2, 0.25) is 5.91 Å². The highest BCUT2D eigenvalue weighted by Crippen LogP contribution is 2.32. The molecule has 2 aromatic carbocycles. The smallest absolute Gasteiger partial charge is 0.409 e. The molecule has 0 radical (unpaired) electrons. The van der Waals surface area contributed by atoms with Crippen molar-refractivity contribution in [2.75, 3.05) is 58.1 Å². The summed E-state index contributed by atoms with van der Waals surface area (Å²) in [5, 5.41) is 9.27. The average Bonchev–Trinajstić information content (AvgIpc) is 3.80. The first-order valence-corrected chi connectivity index (χ1v) is 13.0. The average molecular weight is 543 g/mol. The first-order chi connectivity index (χ1) is 19.0. The van der Waals surface area contributed by atoms with Gasteiger partial charge >= 0.3 is 6.09 Å². The molecule has 0 bridgehead atoms. The van der Waals surface area contributed by atoms with Crippen LogP contribution in [0, 0.1) is 10.1 Å². The molecule has 0 unspecified atom stereocenters. The van der Waals surface area contributed by atoms with Crippen LogP contribution in [-0.4, -0.2) is 92.1 Å². The van der Waals surface area contributed by atoms with E-state index in [0.717, 1.165) is 29.8 Å². The lowest BCUT2D eigenvalue weighted by Gasteiger charge is -2.43.